The number of hydrogen-bond donors (Lipinski definition) is 3. The Kier molecular flexibility index (Phi) is 5.43. The van der Waals surface area contributed by atoms with Crippen molar-refractivity contribution in [1.29, 1.82) is 0 Å². The number of fused-ring (bicyclic) bond motifs is 1. The summed E-state index contributed by atoms with van der Waals surface area (Å²) < 4.78 is 5.02. The molecule has 9 nitrogen and oxygen atoms in total. The molecular weight excluding hydrogens is 388 g/mol. The van der Waals surface area contributed by atoms with Crippen molar-refractivity contribution in [1.82, 2.24) is 10.2 Å². The van der Waals surface area contributed by atoms with Crippen LogP contribution in [0.2, 0.25) is 0 Å². The van der Waals surface area contributed by atoms with Crippen LogP contribution in [0.15, 0.2) is 35.5 Å². The number of hydrogen-bond acceptors (Lipinski definition) is 7. The van der Waals surface area contributed by atoms with Crippen LogP contribution >= 0.6 is 11.8 Å². The lowest BCUT2D eigenvalue weighted by atomic mass is 10.0. The van der Waals surface area contributed by atoms with E-state index in [2.05, 4.69) is 5.32 Å². The summed E-state index contributed by atoms with van der Waals surface area (Å²) in [5, 5.41) is 21.4. The van der Waals surface area contributed by atoms with Crippen molar-refractivity contribution >= 4 is 35.3 Å². The monoisotopic (exact) mass is 406 g/mol. The van der Waals surface area contributed by atoms with Gasteiger partial charge in [-0.2, -0.15) is 0 Å². The van der Waals surface area contributed by atoms with Gasteiger partial charge < -0.3 is 20.3 Å². The van der Waals surface area contributed by atoms with Crippen molar-refractivity contribution in [2.75, 3.05) is 12.9 Å². The van der Waals surface area contributed by atoms with Gasteiger partial charge in [0.05, 0.1) is 7.11 Å². The number of β-lactam (4-membered cyclic amide) rings is 1. The fraction of sp³-hybridized carbons (Fsp3) is 0.333. The second-order valence-corrected chi connectivity index (χ2v) is 7.37. The molecule has 0 saturated carbocycles. The van der Waals surface area contributed by atoms with Gasteiger partial charge in [0, 0.05) is 11.3 Å². The van der Waals surface area contributed by atoms with Gasteiger partial charge in [-0.15, -0.1) is 11.8 Å². The lowest BCUT2D eigenvalue weighted by Crippen LogP contribution is -2.71. The van der Waals surface area contributed by atoms with E-state index in [-0.39, 0.29) is 17.0 Å². The summed E-state index contributed by atoms with van der Waals surface area (Å²) in [6.45, 7) is 1.24. The highest BCUT2D eigenvalue weighted by molar-refractivity contribution is 8.00. The van der Waals surface area contributed by atoms with E-state index in [0.29, 0.717) is 11.3 Å². The first kappa shape index (κ1) is 19.9. The van der Waals surface area contributed by atoms with Crippen LogP contribution in [0, 0.1) is 0 Å². The van der Waals surface area contributed by atoms with Crippen LogP contribution in [0.3, 0.4) is 0 Å². The van der Waals surface area contributed by atoms with Gasteiger partial charge >= 0.3 is 5.97 Å². The lowest BCUT2D eigenvalue weighted by molar-refractivity contribution is -0.152. The molecule has 0 spiro atoms. The number of amides is 2. The van der Waals surface area contributed by atoms with Crippen LogP contribution in [-0.4, -0.2) is 63.0 Å². The summed E-state index contributed by atoms with van der Waals surface area (Å²) in [6, 6.07) is 5.25. The number of aliphatic hydroxyl groups is 1. The Bertz CT molecular complexity index is 880. The van der Waals surface area contributed by atoms with Gasteiger partial charge in [-0.25, -0.2) is 4.79 Å². The lowest BCUT2D eigenvalue weighted by Gasteiger charge is -2.49. The molecule has 2 aliphatic rings. The molecule has 0 aromatic heterocycles. The predicted octanol–water partition coefficient (Wildman–Crippen LogP) is 0.0562. The van der Waals surface area contributed by atoms with E-state index in [9.17, 15) is 29.4 Å². The van der Waals surface area contributed by atoms with Crippen molar-refractivity contribution < 1.29 is 34.1 Å². The van der Waals surface area contributed by atoms with Crippen molar-refractivity contribution in [3.63, 3.8) is 0 Å². The SMILES string of the molecule is COc1ccc(C(O)C(=O)NC2C(=O)N3C(C(=O)O)=C(C(C)=O)CS[C@@H]23)cc1. The highest BCUT2D eigenvalue weighted by Crippen LogP contribution is 2.40. The molecule has 10 heteroatoms. The zero-order valence-electron chi connectivity index (χ0n) is 15.0. The molecule has 1 aromatic carbocycles. The molecule has 0 bridgehead atoms. The predicted molar refractivity (Wildman–Crippen MR) is 98.3 cm³/mol. The van der Waals surface area contributed by atoms with Crippen molar-refractivity contribution in [2.45, 2.75) is 24.4 Å². The second kappa shape index (κ2) is 7.64. The number of nitrogens with zero attached hydrogens (tertiary/aromatic N) is 1. The molecule has 1 fully saturated rings. The summed E-state index contributed by atoms with van der Waals surface area (Å²) in [4.78, 5) is 49.0. The fourth-order valence-electron chi connectivity index (χ4n) is 3.06. The molecular formula is C18H18N2O7S. The Morgan fingerprint density at radius 2 is 1.93 bits per heavy atom. The van der Waals surface area contributed by atoms with Gasteiger partial charge in [-0.05, 0) is 24.6 Å². The minimum Gasteiger partial charge on any atom is -0.497 e. The first-order chi connectivity index (χ1) is 13.3. The van der Waals surface area contributed by atoms with Crippen LogP contribution < -0.4 is 10.1 Å². The van der Waals surface area contributed by atoms with Crippen LogP contribution in [0.1, 0.15) is 18.6 Å². The second-order valence-electron chi connectivity index (χ2n) is 6.26. The molecule has 2 unspecified atom stereocenters. The Morgan fingerprint density at radius 3 is 2.46 bits per heavy atom. The number of aliphatic carboxylic acids is 1. The fourth-order valence-corrected chi connectivity index (χ4v) is 4.47. The van der Waals surface area contributed by atoms with Gasteiger partial charge in [-0.3, -0.25) is 19.3 Å². The smallest absolute Gasteiger partial charge is 0.353 e. The minimum atomic E-state index is -1.50. The van der Waals surface area contributed by atoms with Crippen molar-refractivity contribution in [3.8, 4) is 5.75 Å². The quantitative estimate of drug-likeness (QED) is 0.565. The molecule has 3 N–H and O–H groups in total. The van der Waals surface area contributed by atoms with Gasteiger partial charge in [0.25, 0.3) is 11.8 Å². The van der Waals surface area contributed by atoms with Gasteiger partial charge in [0.2, 0.25) is 0 Å². The van der Waals surface area contributed by atoms with Gasteiger partial charge in [0.1, 0.15) is 22.9 Å². The first-order valence-corrected chi connectivity index (χ1v) is 9.35. The number of methoxy groups -OCH3 is 1. The highest BCUT2D eigenvalue weighted by Gasteiger charge is 2.54. The molecule has 2 aliphatic heterocycles. The maximum atomic E-state index is 12.4. The van der Waals surface area contributed by atoms with Crippen molar-refractivity contribution in [2.24, 2.45) is 0 Å². The summed E-state index contributed by atoms with van der Waals surface area (Å²) in [5.74, 6) is -2.51. The third-order valence-corrected chi connectivity index (χ3v) is 5.85. The molecule has 2 heterocycles. The van der Waals surface area contributed by atoms with Crippen LogP contribution in [0.25, 0.3) is 0 Å². The summed E-state index contributed by atoms with van der Waals surface area (Å²) in [6.07, 6.45) is -1.50. The van der Waals surface area contributed by atoms with E-state index in [4.69, 9.17) is 4.74 Å². The number of thioether (sulfide) groups is 1. The standard InChI is InChI=1S/C18H18N2O7S/c1-8(21)11-7-28-17-12(16(24)20(17)13(11)18(25)26)19-15(23)14(22)9-3-5-10(27-2)6-4-9/h3-6,12,14,17,22H,7H2,1-2H3,(H,19,23)(H,25,26)/t12?,14?,17-/m0/s1. The summed E-state index contributed by atoms with van der Waals surface area (Å²) in [7, 11) is 1.49. The zero-order chi connectivity index (χ0) is 20.6. The van der Waals surface area contributed by atoms with Crippen LogP contribution in [-0.2, 0) is 19.2 Å². The van der Waals surface area contributed by atoms with E-state index in [1.54, 1.807) is 12.1 Å². The molecule has 2 amide bonds. The Labute approximate surface area is 164 Å². The van der Waals surface area contributed by atoms with Crippen LogP contribution in [0.5, 0.6) is 5.75 Å². The number of nitrogens with one attached hydrogen (secondary N) is 1. The van der Waals surface area contributed by atoms with Gasteiger partial charge in [0.15, 0.2) is 11.9 Å². The zero-order valence-corrected chi connectivity index (χ0v) is 15.9. The van der Waals surface area contributed by atoms with E-state index in [1.807, 2.05) is 0 Å². The number of carbonyl (C=O) groups is 4. The Balaban J connectivity index is 1.73. The molecule has 148 valence electrons. The molecule has 28 heavy (non-hydrogen) atoms. The number of carboxylic acid groups (broad SMARTS) is 1. The maximum Gasteiger partial charge on any atom is 0.353 e. The molecule has 3 atom stereocenters. The van der Waals surface area contributed by atoms with E-state index in [0.717, 1.165) is 4.90 Å². The summed E-state index contributed by atoms with van der Waals surface area (Å²) in [5.41, 5.74) is 0.0378. The number of carboxylic acids is 1. The first-order valence-electron chi connectivity index (χ1n) is 8.30. The molecule has 0 radical (unpaired) electrons. The highest BCUT2D eigenvalue weighted by atomic mass is 32.2. The molecule has 0 aliphatic carbocycles. The Hall–Kier alpha value is -2.85. The van der Waals surface area contributed by atoms with E-state index >= 15 is 0 Å². The van der Waals surface area contributed by atoms with Gasteiger partial charge in [-0.1, -0.05) is 12.1 Å². The number of Topliss-reactive ketones (excluding diaryl/α,β-unsaturated/α-hetero) is 1. The number of ketones is 1. The molecule has 1 aromatic rings. The number of carbonyl (C=O) groups excluding carboxylic acids is 3. The number of ether oxygens (including phenoxy) is 1. The largest absolute Gasteiger partial charge is 0.497 e. The number of benzene rings is 1. The Morgan fingerprint density at radius 1 is 1.29 bits per heavy atom. The molecule has 1 saturated heterocycles. The average Bonchev–Trinajstić information content (AvgIpc) is 2.69. The summed E-state index contributed by atoms with van der Waals surface area (Å²) >= 11 is 1.19. The third kappa shape index (κ3) is 3.36. The number of aliphatic hydroxyl groups excluding tert-OH is 1. The maximum absolute atomic E-state index is 12.4. The normalized spacial score (nSPS) is 22.1. The molecule has 3 rings (SSSR count). The topological polar surface area (TPSA) is 133 Å². The third-order valence-electron chi connectivity index (χ3n) is 4.57. The van der Waals surface area contributed by atoms with Crippen molar-refractivity contribution in [3.05, 3.63) is 41.1 Å². The van der Waals surface area contributed by atoms with E-state index in [1.165, 1.54) is 37.9 Å². The van der Waals surface area contributed by atoms with E-state index < -0.39 is 41.1 Å². The number of rotatable bonds is 6. The average molecular weight is 406 g/mol. The van der Waals surface area contributed by atoms with Crippen LogP contribution in [0.4, 0.5) is 0 Å². The minimum absolute atomic E-state index is 0.0603.